The van der Waals surface area contributed by atoms with Gasteiger partial charge in [0.2, 0.25) is 0 Å². The molecule has 5 heteroatoms. The molecule has 3 aromatic rings. The second-order valence-corrected chi connectivity index (χ2v) is 5.75. The van der Waals surface area contributed by atoms with Gasteiger partial charge in [-0.05, 0) is 48.0 Å². The van der Waals surface area contributed by atoms with Crippen LogP contribution in [0.3, 0.4) is 0 Å². The maximum atomic E-state index is 13.0. The van der Waals surface area contributed by atoms with E-state index < -0.39 is 17.6 Å². The Morgan fingerprint density at radius 2 is 1.37 bits per heavy atom. The van der Waals surface area contributed by atoms with Crippen LogP contribution in [0, 0.1) is 5.82 Å². The average molecular weight is 360 g/mol. The SMILES string of the molecule is O=C(Nc1ccc(F)cc1)C(=Cc1ccccc1)NC(=O)c1ccccc1. The molecule has 134 valence electrons. The van der Waals surface area contributed by atoms with Crippen molar-refractivity contribution in [3.05, 3.63) is 108 Å². The van der Waals surface area contributed by atoms with Gasteiger partial charge in [0, 0.05) is 11.3 Å². The highest BCUT2D eigenvalue weighted by atomic mass is 19.1. The molecule has 4 nitrogen and oxygen atoms in total. The smallest absolute Gasteiger partial charge is 0.272 e. The van der Waals surface area contributed by atoms with E-state index in [4.69, 9.17) is 0 Å². The summed E-state index contributed by atoms with van der Waals surface area (Å²) in [6.45, 7) is 0. The molecular weight excluding hydrogens is 343 g/mol. The van der Waals surface area contributed by atoms with Crippen LogP contribution < -0.4 is 10.6 Å². The van der Waals surface area contributed by atoms with E-state index in [2.05, 4.69) is 10.6 Å². The molecule has 0 aliphatic carbocycles. The maximum Gasteiger partial charge on any atom is 0.272 e. The van der Waals surface area contributed by atoms with Crippen molar-refractivity contribution in [3.8, 4) is 0 Å². The molecule has 3 rings (SSSR count). The van der Waals surface area contributed by atoms with Crippen LogP contribution in [0.25, 0.3) is 6.08 Å². The summed E-state index contributed by atoms with van der Waals surface area (Å²) in [6.07, 6.45) is 1.58. The minimum atomic E-state index is -0.505. The predicted molar refractivity (Wildman–Crippen MR) is 103 cm³/mol. The first-order valence-corrected chi connectivity index (χ1v) is 8.32. The number of benzene rings is 3. The van der Waals surface area contributed by atoms with Gasteiger partial charge in [-0.1, -0.05) is 48.5 Å². The molecule has 0 bridgehead atoms. The first-order valence-electron chi connectivity index (χ1n) is 8.32. The molecule has 0 radical (unpaired) electrons. The molecule has 27 heavy (non-hydrogen) atoms. The average Bonchev–Trinajstić information content (AvgIpc) is 2.70. The van der Waals surface area contributed by atoms with E-state index in [0.29, 0.717) is 11.3 Å². The van der Waals surface area contributed by atoms with Crippen molar-refractivity contribution in [2.24, 2.45) is 0 Å². The Balaban J connectivity index is 1.85. The lowest BCUT2D eigenvalue weighted by molar-refractivity contribution is -0.113. The molecular formula is C22H17FN2O2. The standard InChI is InChI=1S/C22H17FN2O2/c23-18-11-13-19(14-12-18)24-22(27)20(15-16-7-3-1-4-8-16)25-21(26)17-9-5-2-6-10-17/h1-15H,(H,24,27)(H,25,26). The molecule has 3 aromatic carbocycles. The monoisotopic (exact) mass is 360 g/mol. The first kappa shape index (κ1) is 18.1. The number of hydrogen-bond donors (Lipinski definition) is 2. The largest absolute Gasteiger partial charge is 0.321 e. The minimum absolute atomic E-state index is 0.0828. The Bertz CT molecular complexity index is 953. The van der Waals surface area contributed by atoms with Crippen LogP contribution in [0.1, 0.15) is 15.9 Å². The molecule has 0 unspecified atom stereocenters. The Labute approximate surface area is 156 Å². The number of halogens is 1. The zero-order chi connectivity index (χ0) is 19.1. The molecule has 2 N–H and O–H groups in total. The van der Waals surface area contributed by atoms with Crippen LogP contribution in [0.4, 0.5) is 10.1 Å². The van der Waals surface area contributed by atoms with Crippen LogP contribution in [0.2, 0.25) is 0 Å². The summed E-state index contributed by atoms with van der Waals surface area (Å²) in [5.74, 6) is -1.30. The minimum Gasteiger partial charge on any atom is -0.321 e. The number of carbonyl (C=O) groups is 2. The summed E-state index contributed by atoms with van der Waals surface area (Å²) in [7, 11) is 0. The number of hydrogen-bond acceptors (Lipinski definition) is 2. The van der Waals surface area contributed by atoms with E-state index in [0.717, 1.165) is 5.56 Å². The van der Waals surface area contributed by atoms with Gasteiger partial charge < -0.3 is 10.6 Å². The molecule has 0 spiro atoms. The maximum absolute atomic E-state index is 13.0. The van der Waals surface area contributed by atoms with Crippen molar-refractivity contribution in [1.82, 2.24) is 5.32 Å². The molecule has 0 saturated heterocycles. The van der Waals surface area contributed by atoms with Crippen LogP contribution in [-0.2, 0) is 4.79 Å². The summed E-state index contributed by atoms with van der Waals surface area (Å²) < 4.78 is 13.0. The van der Waals surface area contributed by atoms with Crippen LogP contribution in [0.5, 0.6) is 0 Å². The van der Waals surface area contributed by atoms with Gasteiger partial charge in [0.1, 0.15) is 11.5 Å². The third-order valence-electron chi connectivity index (χ3n) is 3.74. The molecule has 0 aliphatic heterocycles. The van der Waals surface area contributed by atoms with Crippen LogP contribution in [0.15, 0.2) is 90.6 Å². The zero-order valence-corrected chi connectivity index (χ0v) is 14.4. The third kappa shape index (κ3) is 5.12. The van der Waals surface area contributed by atoms with Gasteiger partial charge in [-0.15, -0.1) is 0 Å². The third-order valence-corrected chi connectivity index (χ3v) is 3.74. The Morgan fingerprint density at radius 3 is 2.00 bits per heavy atom. The summed E-state index contributed by atoms with van der Waals surface area (Å²) >= 11 is 0. The van der Waals surface area contributed by atoms with E-state index in [9.17, 15) is 14.0 Å². The molecule has 0 saturated carbocycles. The van der Waals surface area contributed by atoms with Crippen molar-refractivity contribution in [3.63, 3.8) is 0 Å². The second kappa shape index (κ2) is 8.58. The van der Waals surface area contributed by atoms with E-state index in [1.807, 2.05) is 30.3 Å². The second-order valence-electron chi connectivity index (χ2n) is 5.75. The quantitative estimate of drug-likeness (QED) is 0.669. The number of nitrogens with one attached hydrogen (secondary N) is 2. The lowest BCUT2D eigenvalue weighted by Gasteiger charge is -2.11. The molecule has 0 aromatic heterocycles. The Kier molecular flexibility index (Phi) is 5.74. The fourth-order valence-corrected chi connectivity index (χ4v) is 2.39. The van der Waals surface area contributed by atoms with Gasteiger partial charge in [-0.3, -0.25) is 9.59 Å². The lowest BCUT2D eigenvalue weighted by atomic mass is 10.1. The summed E-state index contributed by atoms with van der Waals surface area (Å²) in [5, 5.41) is 5.31. The fourth-order valence-electron chi connectivity index (χ4n) is 2.39. The molecule has 0 aliphatic rings. The number of carbonyl (C=O) groups excluding carboxylic acids is 2. The van der Waals surface area contributed by atoms with Crippen molar-refractivity contribution < 1.29 is 14.0 Å². The first-order chi connectivity index (χ1) is 13.1. The van der Waals surface area contributed by atoms with Crippen molar-refractivity contribution in [2.75, 3.05) is 5.32 Å². The van der Waals surface area contributed by atoms with Crippen LogP contribution in [-0.4, -0.2) is 11.8 Å². The van der Waals surface area contributed by atoms with Gasteiger partial charge in [0.15, 0.2) is 0 Å². The van der Waals surface area contributed by atoms with E-state index in [-0.39, 0.29) is 5.70 Å². The highest BCUT2D eigenvalue weighted by molar-refractivity contribution is 6.10. The van der Waals surface area contributed by atoms with Gasteiger partial charge in [-0.25, -0.2) is 4.39 Å². The van der Waals surface area contributed by atoms with Gasteiger partial charge in [0.25, 0.3) is 11.8 Å². The molecule has 2 amide bonds. The van der Waals surface area contributed by atoms with E-state index >= 15 is 0 Å². The topological polar surface area (TPSA) is 58.2 Å². The van der Waals surface area contributed by atoms with Crippen molar-refractivity contribution in [2.45, 2.75) is 0 Å². The predicted octanol–water partition coefficient (Wildman–Crippen LogP) is 4.24. The number of rotatable bonds is 5. The Hall–Kier alpha value is -3.73. The van der Waals surface area contributed by atoms with E-state index in [1.54, 1.807) is 36.4 Å². The normalized spacial score (nSPS) is 10.9. The number of anilines is 1. The fraction of sp³-hybridized carbons (Fsp3) is 0. The van der Waals surface area contributed by atoms with Crippen LogP contribution >= 0.6 is 0 Å². The Morgan fingerprint density at radius 1 is 0.778 bits per heavy atom. The highest BCUT2D eigenvalue weighted by Crippen LogP contribution is 2.12. The summed E-state index contributed by atoms with van der Waals surface area (Å²) in [4.78, 5) is 25.1. The van der Waals surface area contributed by atoms with Crippen molar-refractivity contribution >= 4 is 23.6 Å². The van der Waals surface area contributed by atoms with Gasteiger partial charge in [-0.2, -0.15) is 0 Å². The highest BCUT2D eigenvalue weighted by Gasteiger charge is 2.15. The zero-order valence-electron chi connectivity index (χ0n) is 14.4. The van der Waals surface area contributed by atoms with Crippen molar-refractivity contribution in [1.29, 1.82) is 0 Å². The van der Waals surface area contributed by atoms with Gasteiger partial charge >= 0.3 is 0 Å². The molecule has 0 atom stereocenters. The van der Waals surface area contributed by atoms with E-state index in [1.165, 1.54) is 24.3 Å². The van der Waals surface area contributed by atoms with Gasteiger partial charge in [0.05, 0.1) is 0 Å². The lowest BCUT2D eigenvalue weighted by Crippen LogP contribution is -2.30. The molecule has 0 heterocycles. The summed E-state index contributed by atoms with van der Waals surface area (Å²) in [6, 6.07) is 23.2. The summed E-state index contributed by atoms with van der Waals surface area (Å²) in [5.41, 5.74) is 1.70. The molecule has 0 fully saturated rings. The number of amides is 2.